The van der Waals surface area contributed by atoms with Crippen molar-refractivity contribution < 1.29 is 14.3 Å². The molecule has 0 aliphatic carbocycles. The van der Waals surface area contributed by atoms with Gasteiger partial charge in [-0.15, -0.1) is 0 Å². The molecule has 0 saturated carbocycles. The van der Waals surface area contributed by atoms with E-state index < -0.39 is 6.04 Å². The van der Waals surface area contributed by atoms with Crippen LogP contribution in [0.15, 0.2) is 82.0 Å². The summed E-state index contributed by atoms with van der Waals surface area (Å²) in [5, 5.41) is 2.74. The number of allylic oxidation sites excluding steroid dienone is 1. The van der Waals surface area contributed by atoms with Gasteiger partial charge in [0.2, 0.25) is 5.91 Å². The Morgan fingerprint density at radius 3 is 2.47 bits per heavy atom. The van der Waals surface area contributed by atoms with Crippen molar-refractivity contribution in [1.82, 2.24) is 9.80 Å². The lowest BCUT2D eigenvalue weighted by molar-refractivity contribution is -0.139. The van der Waals surface area contributed by atoms with Crippen molar-refractivity contribution in [3.63, 3.8) is 0 Å². The third-order valence-electron chi connectivity index (χ3n) is 5.91. The number of amides is 1. The van der Waals surface area contributed by atoms with Gasteiger partial charge in [0.25, 0.3) is 0 Å². The molecule has 0 bridgehead atoms. The number of esters is 1. The first-order valence-electron chi connectivity index (χ1n) is 11.3. The normalized spacial score (nSPS) is 17.2. The number of aliphatic imine (C=N–C) groups is 1. The van der Waals surface area contributed by atoms with E-state index in [1.54, 1.807) is 11.8 Å². The SMILES string of the molecule is CCOC(=O)C1=C(C)N=C2SC=C(CC(=O)N(C)Cc3ccccc3)N2C1c1ccc(C)cc1. The predicted molar refractivity (Wildman–Crippen MR) is 136 cm³/mol. The molecule has 2 aromatic rings. The Labute approximate surface area is 205 Å². The molecule has 2 aromatic carbocycles. The van der Waals surface area contributed by atoms with Gasteiger partial charge in [-0.05, 0) is 37.3 Å². The van der Waals surface area contributed by atoms with Crippen molar-refractivity contribution in [2.75, 3.05) is 13.7 Å². The van der Waals surface area contributed by atoms with Crippen molar-refractivity contribution in [2.24, 2.45) is 4.99 Å². The number of benzene rings is 2. The van der Waals surface area contributed by atoms with Gasteiger partial charge in [-0.3, -0.25) is 4.79 Å². The van der Waals surface area contributed by atoms with Crippen molar-refractivity contribution in [3.05, 3.63) is 93.7 Å². The number of fused-ring (bicyclic) bond motifs is 1. The zero-order valence-electron chi connectivity index (χ0n) is 19.9. The monoisotopic (exact) mass is 475 g/mol. The quantitative estimate of drug-likeness (QED) is 0.516. The number of nitrogens with zero attached hydrogens (tertiary/aromatic N) is 3. The van der Waals surface area contributed by atoms with E-state index in [0.29, 0.717) is 17.8 Å². The summed E-state index contributed by atoms with van der Waals surface area (Å²) in [6.45, 7) is 6.49. The van der Waals surface area contributed by atoms with Crippen LogP contribution in [-0.2, 0) is 20.9 Å². The summed E-state index contributed by atoms with van der Waals surface area (Å²) >= 11 is 1.48. The first kappa shape index (κ1) is 23.8. The molecule has 2 aliphatic heterocycles. The van der Waals surface area contributed by atoms with Crippen LogP contribution in [-0.4, -0.2) is 40.5 Å². The van der Waals surface area contributed by atoms with Crippen molar-refractivity contribution >= 4 is 28.8 Å². The molecule has 6 nitrogen and oxygen atoms in total. The molecule has 0 aromatic heterocycles. The Balaban J connectivity index is 1.63. The van der Waals surface area contributed by atoms with Crippen LogP contribution < -0.4 is 0 Å². The van der Waals surface area contributed by atoms with E-state index in [2.05, 4.69) is 0 Å². The number of aryl methyl sites for hydroxylation is 1. The highest BCUT2D eigenvalue weighted by Gasteiger charge is 2.41. The van der Waals surface area contributed by atoms with E-state index in [0.717, 1.165) is 27.6 Å². The van der Waals surface area contributed by atoms with Gasteiger partial charge in [-0.1, -0.05) is 71.9 Å². The number of hydrogen-bond acceptors (Lipinski definition) is 6. The third kappa shape index (κ3) is 4.94. The van der Waals surface area contributed by atoms with Crippen LogP contribution in [0.5, 0.6) is 0 Å². The molecule has 0 radical (unpaired) electrons. The Hall–Kier alpha value is -3.32. The number of carbonyl (C=O) groups excluding carboxylic acids is 2. The molecule has 4 rings (SSSR count). The van der Waals surface area contributed by atoms with E-state index in [9.17, 15) is 9.59 Å². The fraction of sp³-hybridized carbons (Fsp3) is 0.296. The van der Waals surface area contributed by atoms with Gasteiger partial charge < -0.3 is 14.5 Å². The van der Waals surface area contributed by atoms with Crippen LogP contribution in [0.4, 0.5) is 0 Å². The van der Waals surface area contributed by atoms with Crippen LogP contribution in [0.25, 0.3) is 0 Å². The van der Waals surface area contributed by atoms with Crippen LogP contribution in [0, 0.1) is 6.92 Å². The standard InChI is InChI=1S/C27H29N3O3S/c1-5-33-26(32)24-19(3)28-27-30(25(24)21-13-11-18(2)12-14-21)22(17-34-27)15-23(31)29(4)16-20-9-7-6-8-10-20/h6-14,17,25H,5,15-16H2,1-4H3. The van der Waals surface area contributed by atoms with Crippen LogP contribution in [0.2, 0.25) is 0 Å². The Morgan fingerprint density at radius 1 is 1.09 bits per heavy atom. The molecule has 176 valence electrons. The first-order valence-corrected chi connectivity index (χ1v) is 12.2. The van der Waals surface area contributed by atoms with E-state index in [4.69, 9.17) is 9.73 Å². The number of rotatable bonds is 7. The van der Waals surface area contributed by atoms with E-state index in [1.165, 1.54) is 11.8 Å². The molecule has 0 fully saturated rings. The van der Waals surface area contributed by atoms with Gasteiger partial charge in [0.05, 0.1) is 30.3 Å². The van der Waals surface area contributed by atoms with E-state index in [1.807, 2.05) is 85.8 Å². The molecule has 2 aliphatic rings. The number of hydrogen-bond donors (Lipinski definition) is 0. The van der Waals surface area contributed by atoms with Gasteiger partial charge >= 0.3 is 5.97 Å². The zero-order chi connectivity index (χ0) is 24.2. The van der Waals surface area contributed by atoms with Gasteiger partial charge in [0.1, 0.15) is 0 Å². The van der Waals surface area contributed by atoms with Crippen LogP contribution >= 0.6 is 11.8 Å². The minimum atomic E-state index is -0.402. The maximum Gasteiger partial charge on any atom is 0.338 e. The molecule has 0 spiro atoms. The average molecular weight is 476 g/mol. The van der Waals surface area contributed by atoms with Gasteiger partial charge in [0.15, 0.2) is 5.17 Å². The maximum absolute atomic E-state index is 13.2. The second-order valence-electron chi connectivity index (χ2n) is 8.44. The topological polar surface area (TPSA) is 62.2 Å². The summed E-state index contributed by atoms with van der Waals surface area (Å²) < 4.78 is 5.40. The Kier molecular flexibility index (Phi) is 7.22. The fourth-order valence-corrected chi connectivity index (χ4v) is 5.10. The van der Waals surface area contributed by atoms with Gasteiger partial charge in [-0.2, -0.15) is 0 Å². The summed E-state index contributed by atoms with van der Waals surface area (Å²) in [5.74, 6) is -0.374. The van der Waals surface area contributed by atoms with Crippen molar-refractivity contribution in [1.29, 1.82) is 0 Å². The zero-order valence-corrected chi connectivity index (χ0v) is 20.8. The minimum Gasteiger partial charge on any atom is -0.463 e. The molecule has 0 N–H and O–H groups in total. The Bertz CT molecular complexity index is 1170. The van der Waals surface area contributed by atoms with Crippen molar-refractivity contribution in [3.8, 4) is 0 Å². The molecule has 34 heavy (non-hydrogen) atoms. The van der Waals surface area contributed by atoms with Gasteiger partial charge in [-0.25, -0.2) is 9.79 Å². The average Bonchev–Trinajstić information content (AvgIpc) is 3.21. The molecule has 1 atom stereocenters. The molecule has 1 amide bonds. The van der Waals surface area contributed by atoms with Gasteiger partial charge in [0, 0.05) is 19.3 Å². The minimum absolute atomic E-state index is 0.00330. The first-order chi connectivity index (χ1) is 16.4. The highest BCUT2D eigenvalue weighted by atomic mass is 32.2. The summed E-state index contributed by atoms with van der Waals surface area (Å²) in [7, 11) is 1.81. The molecule has 1 unspecified atom stereocenters. The van der Waals surface area contributed by atoms with E-state index in [-0.39, 0.29) is 24.9 Å². The van der Waals surface area contributed by atoms with Crippen molar-refractivity contribution in [2.45, 2.75) is 39.8 Å². The number of carbonyl (C=O) groups is 2. The highest BCUT2D eigenvalue weighted by Crippen LogP contribution is 2.45. The summed E-state index contributed by atoms with van der Waals surface area (Å²) in [6, 6.07) is 17.6. The smallest absolute Gasteiger partial charge is 0.338 e. The van der Waals surface area contributed by atoms with Crippen LogP contribution in [0.3, 0.4) is 0 Å². The lowest BCUT2D eigenvalue weighted by Gasteiger charge is -2.36. The highest BCUT2D eigenvalue weighted by molar-refractivity contribution is 8.16. The predicted octanol–water partition coefficient (Wildman–Crippen LogP) is 5.18. The number of ether oxygens (including phenoxy) is 1. The third-order valence-corrected chi connectivity index (χ3v) is 6.80. The number of thioether (sulfide) groups is 1. The van der Waals surface area contributed by atoms with Crippen LogP contribution in [0.1, 0.15) is 43.0 Å². The fourth-order valence-electron chi connectivity index (χ4n) is 4.14. The molecular weight excluding hydrogens is 446 g/mol. The lowest BCUT2D eigenvalue weighted by atomic mass is 9.93. The number of amidine groups is 1. The Morgan fingerprint density at radius 2 is 1.79 bits per heavy atom. The van der Waals surface area contributed by atoms with E-state index >= 15 is 0 Å². The molecule has 0 saturated heterocycles. The second kappa shape index (κ2) is 10.3. The summed E-state index contributed by atoms with van der Waals surface area (Å²) in [6.07, 6.45) is 0.215. The molecular formula is C27H29N3O3S. The maximum atomic E-state index is 13.2. The largest absolute Gasteiger partial charge is 0.463 e. The molecule has 7 heteroatoms. The molecule has 2 heterocycles. The lowest BCUT2D eigenvalue weighted by Crippen LogP contribution is -2.38. The summed E-state index contributed by atoms with van der Waals surface area (Å²) in [5.41, 5.74) is 5.15. The second-order valence-corrected chi connectivity index (χ2v) is 9.27. The summed E-state index contributed by atoms with van der Waals surface area (Å²) in [4.78, 5) is 34.6.